The number of rotatable bonds is 3. The van der Waals surface area contributed by atoms with E-state index in [2.05, 4.69) is 21.2 Å². The molecule has 7 heteroatoms. The molecule has 0 aliphatic carbocycles. The summed E-state index contributed by atoms with van der Waals surface area (Å²) in [6.07, 6.45) is -3.01. The third-order valence-electron chi connectivity index (χ3n) is 3.28. The molecule has 1 aliphatic rings. The van der Waals surface area contributed by atoms with E-state index in [1.165, 1.54) is 11.0 Å². The number of halogens is 5. The Hall–Kier alpha value is -0.820. The summed E-state index contributed by atoms with van der Waals surface area (Å²) >= 11 is 3.26. The topological polar surface area (TPSA) is 15.3 Å². The highest BCUT2D eigenvalue weighted by molar-refractivity contribution is 9.10. The Morgan fingerprint density at radius 2 is 1.90 bits per heavy atom. The molecule has 0 spiro atoms. The van der Waals surface area contributed by atoms with Crippen molar-refractivity contribution in [2.24, 2.45) is 0 Å². The molecule has 2 rings (SSSR count). The Kier molecular flexibility index (Phi) is 4.90. The summed E-state index contributed by atoms with van der Waals surface area (Å²) < 4.78 is 51.1. The lowest BCUT2D eigenvalue weighted by molar-refractivity contribution is -0.147. The molecule has 0 aromatic heterocycles. The largest absolute Gasteiger partial charge is 0.401 e. The van der Waals surface area contributed by atoms with Crippen LogP contribution in [0, 0.1) is 5.82 Å². The number of likely N-dealkylation sites (tertiary alicyclic amines) is 1. The van der Waals surface area contributed by atoms with Gasteiger partial charge >= 0.3 is 6.18 Å². The second-order valence-corrected chi connectivity index (χ2v) is 5.85. The van der Waals surface area contributed by atoms with Gasteiger partial charge in [0.2, 0.25) is 0 Å². The molecule has 1 aliphatic heterocycles. The lowest BCUT2D eigenvalue weighted by Crippen LogP contribution is -2.43. The molecule has 0 amide bonds. The summed E-state index contributed by atoms with van der Waals surface area (Å²) in [7, 11) is 0. The monoisotopic (exact) mass is 354 g/mol. The average Bonchev–Trinajstić information content (AvgIpc) is 2.34. The summed E-state index contributed by atoms with van der Waals surface area (Å²) in [5.41, 5.74) is 0.383. The van der Waals surface area contributed by atoms with Crippen molar-refractivity contribution in [3.05, 3.63) is 28.5 Å². The van der Waals surface area contributed by atoms with Gasteiger partial charge in [-0.3, -0.25) is 4.90 Å². The van der Waals surface area contributed by atoms with Gasteiger partial charge in [-0.2, -0.15) is 13.2 Å². The summed E-state index contributed by atoms with van der Waals surface area (Å²) in [6, 6.07) is 4.60. The number of alkyl halides is 3. The fraction of sp³-hybridized carbons (Fsp3) is 0.538. The molecule has 1 heterocycles. The Bertz CT molecular complexity index is 456. The number of benzene rings is 1. The fourth-order valence-corrected chi connectivity index (χ4v) is 2.68. The molecule has 20 heavy (non-hydrogen) atoms. The maximum absolute atomic E-state index is 13.6. The van der Waals surface area contributed by atoms with E-state index in [1.54, 1.807) is 12.1 Å². The maximum Gasteiger partial charge on any atom is 0.401 e. The van der Waals surface area contributed by atoms with E-state index in [-0.39, 0.29) is 11.9 Å². The van der Waals surface area contributed by atoms with E-state index in [4.69, 9.17) is 0 Å². The number of nitrogens with zero attached hydrogens (tertiary/aromatic N) is 1. The van der Waals surface area contributed by atoms with E-state index in [1.807, 2.05) is 0 Å². The number of hydrogen-bond acceptors (Lipinski definition) is 2. The van der Waals surface area contributed by atoms with Crippen molar-refractivity contribution in [1.82, 2.24) is 4.90 Å². The molecule has 1 aromatic carbocycles. The molecule has 0 saturated carbocycles. The summed E-state index contributed by atoms with van der Waals surface area (Å²) in [4.78, 5) is 1.38. The van der Waals surface area contributed by atoms with Gasteiger partial charge in [-0.05, 0) is 31.0 Å². The Morgan fingerprint density at radius 3 is 2.50 bits per heavy atom. The third kappa shape index (κ3) is 4.63. The minimum Gasteiger partial charge on any atom is -0.380 e. The molecule has 0 atom stereocenters. The van der Waals surface area contributed by atoms with E-state index < -0.39 is 12.7 Å². The van der Waals surface area contributed by atoms with Gasteiger partial charge in [-0.15, -0.1) is 0 Å². The van der Waals surface area contributed by atoms with E-state index >= 15 is 0 Å². The van der Waals surface area contributed by atoms with Gasteiger partial charge in [0.15, 0.2) is 0 Å². The molecule has 0 radical (unpaired) electrons. The van der Waals surface area contributed by atoms with Crippen LogP contribution in [0.4, 0.5) is 23.2 Å². The van der Waals surface area contributed by atoms with Crippen molar-refractivity contribution < 1.29 is 17.6 Å². The van der Waals surface area contributed by atoms with Crippen molar-refractivity contribution >= 4 is 21.6 Å². The highest BCUT2D eigenvalue weighted by atomic mass is 79.9. The zero-order valence-electron chi connectivity index (χ0n) is 10.7. The normalized spacial score (nSPS) is 18.2. The predicted molar refractivity (Wildman–Crippen MR) is 73.2 cm³/mol. The maximum atomic E-state index is 13.6. The number of piperidine rings is 1. The summed E-state index contributed by atoms with van der Waals surface area (Å²) in [5, 5.41) is 3.06. The fourth-order valence-electron chi connectivity index (χ4n) is 2.32. The van der Waals surface area contributed by atoms with E-state index in [9.17, 15) is 17.6 Å². The van der Waals surface area contributed by atoms with Gasteiger partial charge in [0, 0.05) is 23.6 Å². The van der Waals surface area contributed by atoms with Crippen LogP contribution in [0.2, 0.25) is 0 Å². The molecule has 112 valence electrons. The number of hydrogen-bond donors (Lipinski definition) is 1. The van der Waals surface area contributed by atoms with Crippen molar-refractivity contribution in [3.63, 3.8) is 0 Å². The first-order chi connectivity index (χ1) is 9.33. The van der Waals surface area contributed by atoms with Crippen LogP contribution < -0.4 is 5.32 Å². The van der Waals surface area contributed by atoms with Crippen molar-refractivity contribution in [3.8, 4) is 0 Å². The van der Waals surface area contributed by atoms with Crippen LogP contribution in [-0.2, 0) is 0 Å². The Labute approximate surface area is 123 Å². The van der Waals surface area contributed by atoms with Crippen LogP contribution in [0.5, 0.6) is 0 Å². The molecule has 1 aromatic rings. The van der Waals surface area contributed by atoms with Crippen molar-refractivity contribution in [2.45, 2.75) is 25.1 Å². The smallest absolute Gasteiger partial charge is 0.380 e. The molecule has 1 saturated heterocycles. The van der Waals surface area contributed by atoms with Gasteiger partial charge in [0.05, 0.1) is 12.2 Å². The molecule has 2 nitrogen and oxygen atoms in total. The minimum absolute atomic E-state index is 0.00304. The highest BCUT2D eigenvalue weighted by Crippen LogP contribution is 2.24. The molecule has 0 bridgehead atoms. The van der Waals surface area contributed by atoms with Gasteiger partial charge in [0.25, 0.3) is 0 Å². The zero-order valence-corrected chi connectivity index (χ0v) is 12.3. The first kappa shape index (κ1) is 15.6. The third-order valence-corrected chi connectivity index (χ3v) is 3.77. The molecule has 1 fully saturated rings. The highest BCUT2D eigenvalue weighted by Gasteiger charge is 2.32. The molecule has 0 unspecified atom stereocenters. The second kappa shape index (κ2) is 6.30. The standard InChI is InChI=1S/C13H15BrF4N2/c14-9-1-2-11(15)12(7-9)19-10-3-5-20(6-4-10)8-13(16,17)18/h1-2,7,10,19H,3-6,8H2. The first-order valence-electron chi connectivity index (χ1n) is 6.34. The lowest BCUT2D eigenvalue weighted by Gasteiger charge is -2.33. The number of nitrogens with one attached hydrogen (secondary N) is 1. The van der Waals surface area contributed by atoms with Crippen LogP contribution in [0.25, 0.3) is 0 Å². The summed E-state index contributed by atoms with van der Waals surface area (Å²) in [5.74, 6) is -0.356. The van der Waals surface area contributed by atoms with Crippen molar-refractivity contribution in [1.29, 1.82) is 0 Å². The molecular formula is C13H15BrF4N2. The Balaban J connectivity index is 1.87. The average molecular weight is 355 g/mol. The van der Waals surface area contributed by atoms with Crippen LogP contribution in [-0.4, -0.2) is 36.8 Å². The lowest BCUT2D eigenvalue weighted by atomic mass is 10.0. The van der Waals surface area contributed by atoms with Crippen LogP contribution >= 0.6 is 15.9 Å². The second-order valence-electron chi connectivity index (χ2n) is 4.93. The van der Waals surface area contributed by atoms with Gasteiger partial charge < -0.3 is 5.32 Å². The molecular weight excluding hydrogens is 340 g/mol. The summed E-state index contributed by atoms with van der Waals surface area (Å²) in [6.45, 7) is -0.134. The van der Waals surface area contributed by atoms with Gasteiger partial charge in [-0.25, -0.2) is 4.39 Å². The van der Waals surface area contributed by atoms with E-state index in [0.717, 1.165) is 4.47 Å². The van der Waals surface area contributed by atoms with Crippen LogP contribution in [0.1, 0.15) is 12.8 Å². The van der Waals surface area contributed by atoms with Crippen molar-refractivity contribution in [2.75, 3.05) is 25.0 Å². The number of anilines is 1. The van der Waals surface area contributed by atoms with Crippen LogP contribution in [0.15, 0.2) is 22.7 Å². The Morgan fingerprint density at radius 1 is 1.25 bits per heavy atom. The van der Waals surface area contributed by atoms with Gasteiger partial charge in [-0.1, -0.05) is 15.9 Å². The SMILES string of the molecule is Fc1ccc(Br)cc1NC1CCN(CC(F)(F)F)CC1. The molecule has 1 N–H and O–H groups in total. The minimum atomic E-state index is -4.16. The zero-order chi connectivity index (χ0) is 14.8. The van der Waals surface area contributed by atoms with Gasteiger partial charge in [0.1, 0.15) is 5.82 Å². The van der Waals surface area contributed by atoms with Crippen LogP contribution in [0.3, 0.4) is 0 Å². The quantitative estimate of drug-likeness (QED) is 0.824. The predicted octanol–water partition coefficient (Wildman–Crippen LogP) is 4.03. The van der Waals surface area contributed by atoms with E-state index in [0.29, 0.717) is 31.6 Å². The first-order valence-corrected chi connectivity index (χ1v) is 7.13.